The number of hydrogen-bond donors (Lipinski definition) is 0. The van der Waals surface area contributed by atoms with Crippen molar-refractivity contribution in [2.45, 2.75) is 6.18 Å². The van der Waals surface area contributed by atoms with Crippen molar-refractivity contribution in [3.05, 3.63) is 241 Å². The zero-order chi connectivity index (χ0) is 47.5. The first-order chi connectivity index (χ1) is 34.2. The van der Waals surface area contributed by atoms with E-state index in [1.807, 2.05) is 130 Å². The van der Waals surface area contributed by atoms with Crippen molar-refractivity contribution < 1.29 is 13.2 Å². The first kappa shape index (κ1) is 42.0. The van der Waals surface area contributed by atoms with Gasteiger partial charge in [0.15, 0.2) is 0 Å². The quantitative estimate of drug-likeness (QED) is 0.160. The van der Waals surface area contributed by atoms with Crippen molar-refractivity contribution in [2.75, 3.05) is 0 Å². The minimum absolute atomic E-state index is 0.136. The minimum atomic E-state index is -4.74. The first-order valence-electron chi connectivity index (χ1n) is 22.8. The van der Waals surface area contributed by atoms with Crippen LogP contribution in [0.3, 0.4) is 0 Å². The molecule has 0 amide bonds. The molecule has 0 aliphatic carbocycles. The summed E-state index contributed by atoms with van der Waals surface area (Å²) in [6.45, 7) is 0. The van der Waals surface area contributed by atoms with Crippen molar-refractivity contribution in [2.24, 2.45) is 0 Å². The van der Waals surface area contributed by atoms with Crippen LogP contribution in [0.25, 0.3) is 111 Å². The van der Waals surface area contributed by atoms with E-state index in [0.717, 1.165) is 100 Å². The molecule has 0 N–H and O–H groups in total. The Kier molecular flexibility index (Phi) is 10.0. The number of fused-ring (bicyclic) bond motifs is 6. The Balaban J connectivity index is 1.18. The van der Waals surface area contributed by atoms with Gasteiger partial charge in [0.1, 0.15) is 6.07 Å². The lowest BCUT2D eigenvalue weighted by Gasteiger charge is -2.20. The van der Waals surface area contributed by atoms with Gasteiger partial charge in [0.25, 0.3) is 0 Å². The molecule has 0 spiro atoms. The molecule has 0 radical (unpaired) electrons. The van der Waals surface area contributed by atoms with Crippen LogP contribution in [0.15, 0.2) is 224 Å². The van der Waals surface area contributed by atoms with Gasteiger partial charge in [-0.1, -0.05) is 146 Å². The smallest absolute Gasteiger partial charge is 0.309 e. The second kappa shape index (κ2) is 16.7. The molecule has 0 aliphatic rings. The van der Waals surface area contributed by atoms with E-state index in [1.54, 1.807) is 6.07 Å². The topological polar surface area (TPSA) is 57.4 Å². The van der Waals surface area contributed by atoms with Gasteiger partial charge in [-0.05, 0) is 129 Å². The summed E-state index contributed by atoms with van der Waals surface area (Å²) < 4.78 is 48.7. The number of alkyl halides is 3. The third-order valence-corrected chi connectivity index (χ3v) is 13.4. The van der Waals surface area contributed by atoms with Gasteiger partial charge in [-0.25, -0.2) is 0 Å². The maximum absolute atomic E-state index is 14.9. The predicted octanol–water partition coefficient (Wildman–Crippen LogP) is 17.0. The van der Waals surface area contributed by atoms with Gasteiger partial charge >= 0.3 is 6.18 Å². The maximum atomic E-state index is 14.9. The molecule has 0 fully saturated rings. The molecule has 2 heterocycles. The van der Waals surface area contributed by atoms with Crippen molar-refractivity contribution >= 4 is 43.6 Å². The summed E-state index contributed by atoms with van der Waals surface area (Å²) in [7, 11) is 0. The molecule has 0 saturated carbocycles. The fourth-order valence-corrected chi connectivity index (χ4v) is 10.1. The molecule has 0 bridgehead atoms. The fourth-order valence-electron chi connectivity index (χ4n) is 10.1. The van der Waals surface area contributed by atoms with Crippen molar-refractivity contribution in [1.82, 2.24) is 9.13 Å². The molecule has 0 aliphatic heterocycles. The maximum Gasteiger partial charge on any atom is 0.416 e. The highest BCUT2D eigenvalue weighted by Gasteiger charge is 2.32. The van der Waals surface area contributed by atoms with E-state index in [9.17, 15) is 23.7 Å². The Morgan fingerprint density at radius 1 is 0.329 bits per heavy atom. The third-order valence-electron chi connectivity index (χ3n) is 13.4. The largest absolute Gasteiger partial charge is 0.416 e. The SMILES string of the molecule is N#Cc1cc(-c2cc(-n3c4ccc(-c5ccccc5)cc4c4cc(-c5ccccc5)ccc43)c(C#N)cc2-n2c3ccc(-c4ccccc4)cc3c3cc(-c4ccccc4)ccc32)cc(C(F)(F)F)c1. The Bertz CT molecular complexity index is 3910. The second-order valence-corrected chi connectivity index (χ2v) is 17.5. The van der Waals surface area contributed by atoms with Crippen LogP contribution in [-0.2, 0) is 6.18 Å². The number of rotatable bonds is 7. The molecule has 0 unspecified atom stereocenters. The molecular weight excluding hydrogens is 870 g/mol. The molecule has 4 nitrogen and oxygen atoms in total. The number of nitriles is 2. The number of hydrogen-bond acceptors (Lipinski definition) is 2. The van der Waals surface area contributed by atoms with Crippen LogP contribution in [0.2, 0.25) is 0 Å². The summed E-state index contributed by atoms with van der Waals surface area (Å²) in [6, 6.07) is 77.1. The number of aromatic nitrogens is 2. The first-order valence-corrected chi connectivity index (χ1v) is 22.8. The number of nitrogens with zero attached hydrogens (tertiary/aromatic N) is 4. The molecular formula is C63H37F3N4. The third kappa shape index (κ3) is 7.17. The highest BCUT2D eigenvalue weighted by molar-refractivity contribution is 6.14. The summed E-state index contributed by atoms with van der Waals surface area (Å²) in [5, 5.41) is 25.3. The van der Waals surface area contributed by atoms with E-state index < -0.39 is 11.7 Å². The lowest BCUT2D eigenvalue weighted by atomic mass is 9.95. The highest BCUT2D eigenvalue weighted by Crippen LogP contribution is 2.45. The van der Waals surface area contributed by atoms with Gasteiger partial charge < -0.3 is 9.13 Å². The van der Waals surface area contributed by atoms with Crippen LogP contribution in [0.5, 0.6) is 0 Å². The minimum Gasteiger partial charge on any atom is -0.309 e. The molecule has 12 aromatic rings. The molecule has 330 valence electrons. The fraction of sp³-hybridized carbons (Fsp3) is 0.0159. The van der Waals surface area contributed by atoms with Crippen LogP contribution in [-0.4, -0.2) is 9.13 Å². The zero-order valence-electron chi connectivity index (χ0n) is 37.3. The molecule has 2 aromatic heterocycles. The van der Waals surface area contributed by atoms with Gasteiger partial charge in [0.2, 0.25) is 0 Å². The molecule has 7 heteroatoms. The molecule has 12 rings (SSSR count). The lowest BCUT2D eigenvalue weighted by Crippen LogP contribution is -2.07. The summed E-state index contributed by atoms with van der Waals surface area (Å²) in [5.41, 5.74) is 12.2. The van der Waals surface area contributed by atoms with Gasteiger partial charge in [-0.2, -0.15) is 23.7 Å². The van der Waals surface area contributed by atoms with Gasteiger partial charge in [-0.3, -0.25) is 0 Å². The van der Waals surface area contributed by atoms with Crippen LogP contribution in [0.4, 0.5) is 13.2 Å². The van der Waals surface area contributed by atoms with Gasteiger partial charge in [0, 0.05) is 27.1 Å². The highest BCUT2D eigenvalue weighted by atomic mass is 19.4. The van der Waals surface area contributed by atoms with Gasteiger partial charge in [0.05, 0.1) is 56.2 Å². The van der Waals surface area contributed by atoms with Crippen LogP contribution in [0.1, 0.15) is 16.7 Å². The number of benzene rings is 10. The van der Waals surface area contributed by atoms with E-state index in [4.69, 9.17) is 0 Å². The predicted molar refractivity (Wildman–Crippen MR) is 277 cm³/mol. The summed E-state index contributed by atoms with van der Waals surface area (Å²) in [6.07, 6.45) is -4.74. The van der Waals surface area contributed by atoms with Crippen LogP contribution in [0, 0.1) is 22.7 Å². The van der Waals surface area contributed by atoms with Crippen molar-refractivity contribution in [1.29, 1.82) is 10.5 Å². The van der Waals surface area contributed by atoms with Crippen molar-refractivity contribution in [3.8, 4) is 79.1 Å². The Morgan fingerprint density at radius 2 is 0.700 bits per heavy atom. The van der Waals surface area contributed by atoms with Gasteiger partial charge in [-0.15, -0.1) is 0 Å². The normalized spacial score (nSPS) is 11.6. The van der Waals surface area contributed by atoms with E-state index >= 15 is 0 Å². The average Bonchev–Trinajstić information content (AvgIpc) is 3.92. The monoisotopic (exact) mass is 906 g/mol. The van der Waals surface area contributed by atoms with Crippen LogP contribution >= 0.6 is 0 Å². The van der Waals surface area contributed by atoms with Crippen LogP contribution < -0.4 is 0 Å². The second-order valence-electron chi connectivity index (χ2n) is 17.5. The Hall–Kier alpha value is -9.43. The molecule has 0 atom stereocenters. The Labute approximate surface area is 401 Å². The molecule has 10 aromatic carbocycles. The number of halogens is 3. The molecule has 0 saturated heterocycles. The van der Waals surface area contributed by atoms with E-state index in [2.05, 4.69) is 91.0 Å². The lowest BCUT2D eigenvalue weighted by molar-refractivity contribution is -0.137. The van der Waals surface area contributed by atoms with E-state index in [1.165, 1.54) is 6.07 Å². The van der Waals surface area contributed by atoms with Crippen molar-refractivity contribution in [3.63, 3.8) is 0 Å². The zero-order valence-corrected chi connectivity index (χ0v) is 37.3. The summed E-state index contributed by atoms with van der Waals surface area (Å²) in [5.74, 6) is 0. The summed E-state index contributed by atoms with van der Waals surface area (Å²) >= 11 is 0. The summed E-state index contributed by atoms with van der Waals surface area (Å²) in [4.78, 5) is 0. The van der Waals surface area contributed by atoms with E-state index in [-0.39, 0.29) is 11.1 Å². The Morgan fingerprint density at radius 3 is 1.04 bits per heavy atom. The van der Waals surface area contributed by atoms with E-state index in [0.29, 0.717) is 22.5 Å². The standard InChI is InChI=1S/C63H37F3N4/c64-63(65,66)51-30-40(38-67)29-49(31-51)52-37-61(69-57-25-21-45(41-13-5-1-6-14-41)32-53(57)54-33-46(22-26-58(54)69)42-15-7-2-8-16-42)50(39-68)36-62(52)70-59-27-23-47(43-17-9-3-10-18-43)34-55(59)56-35-48(24-28-60(56)70)44-19-11-4-12-20-44/h1-37H. The average molecular weight is 907 g/mol. The molecule has 70 heavy (non-hydrogen) atoms.